The van der Waals surface area contributed by atoms with Gasteiger partial charge in [-0.15, -0.1) is 4.48 Å². The van der Waals surface area contributed by atoms with Crippen LogP contribution in [0, 0.1) is 0 Å². The summed E-state index contributed by atoms with van der Waals surface area (Å²) in [6, 6.07) is 5.33. The Balaban J connectivity index is 2.79. The Bertz CT molecular complexity index is 675. The van der Waals surface area contributed by atoms with E-state index in [-0.39, 0.29) is 12.3 Å². The Hall–Kier alpha value is -1.66. The van der Waals surface area contributed by atoms with Crippen molar-refractivity contribution in [2.45, 2.75) is 33.2 Å². The number of quaternary nitrogens is 1. The molecule has 1 aliphatic rings. The van der Waals surface area contributed by atoms with E-state index in [2.05, 4.69) is 15.9 Å². The molecule has 6 heteroatoms. The maximum atomic E-state index is 12.4. The zero-order valence-corrected chi connectivity index (χ0v) is 14.6. The molecule has 1 unspecified atom stereocenters. The lowest BCUT2D eigenvalue weighted by Crippen LogP contribution is -2.64. The van der Waals surface area contributed by atoms with Crippen LogP contribution in [0.1, 0.15) is 33.3 Å². The minimum atomic E-state index is -1.10. The van der Waals surface area contributed by atoms with Gasteiger partial charge in [-0.1, -0.05) is 15.9 Å². The number of rotatable bonds is 2. The standard InChI is InChI=1S/C16H18BrNO4/c1-5-22-14(19)13-9-10-8-11(17)6-7-12(10)18(13,15(20)21)16(2,3)4/h6-9H,5H2,1-4H3/p+1. The molecule has 0 saturated heterocycles. The maximum absolute atomic E-state index is 12.4. The predicted molar refractivity (Wildman–Crippen MR) is 88.3 cm³/mol. The number of benzene rings is 1. The number of ether oxygens (including phenoxy) is 1. The predicted octanol–water partition coefficient (Wildman–Crippen LogP) is 4.15. The van der Waals surface area contributed by atoms with E-state index in [1.165, 1.54) is 0 Å². The fourth-order valence-electron chi connectivity index (χ4n) is 2.94. The van der Waals surface area contributed by atoms with Gasteiger partial charge in [0.2, 0.25) is 5.70 Å². The number of esters is 1. The number of amides is 1. The average molecular weight is 369 g/mol. The van der Waals surface area contributed by atoms with E-state index in [4.69, 9.17) is 4.74 Å². The number of carbonyl (C=O) groups excluding carboxylic acids is 1. The highest BCUT2D eigenvalue weighted by atomic mass is 79.9. The molecule has 0 spiro atoms. The van der Waals surface area contributed by atoms with Gasteiger partial charge in [0, 0.05) is 22.2 Å². The van der Waals surface area contributed by atoms with Crippen LogP contribution in [0.3, 0.4) is 0 Å². The van der Waals surface area contributed by atoms with Crippen LogP contribution in [0.4, 0.5) is 10.5 Å². The molecule has 0 radical (unpaired) electrons. The van der Waals surface area contributed by atoms with E-state index in [9.17, 15) is 14.7 Å². The summed E-state index contributed by atoms with van der Waals surface area (Å²) >= 11 is 3.38. The highest BCUT2D eigenvalue weighted by Crippen LogP contribution is 2.47. The largest absolute Gasteiger partial charge is 0.524 e. The first kappa shape index (κ1) is 16.7. The highest BCUT2D eigenvalue weighted by molar-refractivity contribution is 9.10. The van der Waals surface area contributed by atoms with Gasteiger partial charge in [-0.05, 0) is 39.8 Å². The van der Waals surface area contributed by atoms with E-state index in [1.54, 1.807) is 45.9 Å². The van der Waals surface area contributed by atoms with Crippen LogP contribution in [0.5, 0.6) is 0 Å². The molecular weight excluding hydrogens is 350 g/mol. The molecule has 5 nitrogen and oxygen atoms in total. The quantitative estimate of drug-likeness (QED) is 0.628. The van der Waals surface area contributed by atoms with Gasteiger partial charge in [0.1, 0.15) is 5.54 Å². The lowest BCUT2D eigenvalue weighted by Gasteiger charge is -2.40. The summed E-state index contributed by atoms with van der Waals surface area (Å²) in [6.07, 6.45) is 0.505. The molecule has 1 heterocycles. The van der Waals surface area contributed by atoms with Crippen molar-refractivity contribution in [3.05, 3.63) is 33.9 Å². The smallest absolute Gasteiger partial charge is 0.458 e. The van der Waals surface area contributed by atoms with Crippen molar-refractivity contribution in [1.29, 1.82) is 0 Å². The fraction of sp³-hybridized carbons (Fsp3) is 0.375. The maximum Gasteiger partial charge on any atom is 0.524 e. The summed E-state index contributed by atoms with van der Waals surface area (Å²) in [5.41, 5.74) is 0.625. The van der Waals surface area contributed by atoms with Crippen molar-refractivity contribution in [2.75, 3.05) is 6.61 Å². The third-order valence-corrected chi connectivity index (χ3v) is 4.28. The SMILES string of the molecule is CCOC(=O)C1=Cc2cc(Br)ccc2[N+]1(C(=O)O)C(C)(C)C. The van der Waals surface area contributed by atoms with Gasteiger partial charge >= 0.3 is 12.1 Å². The van der Waals surface area contributed by atoms with Crippen molar-refractivity contribution in [1.82, 2.24) is 4.48 Å². The van der Waals surface area contributed by atoms with Gasteiger partial charge in [-0.25, -0.2) is 4.79 Å². The average Bonchev–Trinajstić information content (AvgIpc) is 2.73. The van der Waals surface area contributed by atoms with Gasteiger partial charge < -0.3 is 9.84 Å². The second-order valence-electron chi connectivity index (χ2n) is 6.08. The topological polar surface area (TPSA) is 63.6 Å². The van der Waals surface area contributed by atoms with E-state index in [0.29, 0.717) is 11.3 Å². The zero-order valence-electron chi connectivity index (χ0n) is 13.0. The molecule has 0 saturated carbocycles. The van der Waals surface area contributed by atoms with Crippen molar-refractivity contribution < 1.29 is 19.4 Å². The van der Waals surface area contributed by atoms with E-state index in [0.717, 1.165) is 4.47 Å². The number of fused-ring (bicyclic) bond motifs is 1. The van der Waals surface area contributed by atoms with Gasteiger partial charge in [0.15, 0.2) is 5.69 Å². The molecule has 1 aromatic carbocycles. The molecule has 22 heavy (non-hydrogen) atoms. The Morgan fingerprint density at radius 1 is 1.32 bits per heavy atom. The second kappa shape index (κ2) is 5.52. The molecule has 0 bridgehead atoms. The van der Waals surface area contributed by atoms with Crippen LogP contribution in [0.15, 0.2) is 28.4 Å². The van der Waals surface area contributed by atoms with Crippen molar-refractivity contribution in [3.63, 3.8) is 0 Å². The highest BCUT2D eigenvalue weighted by Gasteiger charge is 2.60. The molecule has 0 aliphatic carbocycles. The lowest BCUT2D eigenvalue weighted by atomic mass is 9.99. The first-order valence-electron chi connectivity index (χ1n) is 6.98. The van der Waals surface area contributed by atoms with Gasteiger partial charge in [-0.3, -0.25) is 0 Å². The summed E-state index contributed by atoms with van der Waals surface area (Å²) in [6.45, 7) is 7.28. The molecule has 0 fully saturated rings. The van der Waals surface area contributed by atoms with Crippen LogP contribution in [0.25, 0.3) is 6.08 Å². The summed E-state index contributed by atoms with van der Waals surface area (Å²) in [5, 5.41) is 10.0. The van der Waals surface area contributed by atoms with Crippen LogP contribution < -0.4 is 4.48 Å². The van der Waals surface area contributed by atoms with Gasteiger partial charge in [0.05, 0.1) is 6.61 Å². The third-order valence-electron chi connectivity index (χ3n) is 3.78. The molecule has 1 amide bonds. The molecule has 118 valence electrons. The Labute approximate surface area is 137 Å². The number of carboxylic acid groups (broad SMARTS) is 1. The summed E-state index contributed by atoms with van der Waals surface area (Å²) in [7, 11) is 0. The summed E-state index contributed by atoms with van der Waals surface area (Å²) < 4.78 is 5.34. The molecule has 2 rings (SSSR count). The first-order chi connectivity index (χ1) is 10.2. The second-order valence-corrected chi connectivity index (χ2v) is 6.99. The van der Waals surface area contributed by atoms with Gasteiger partial charge in [0.25, 0.3) is 0 Å². The minimum absolute atomic E-state index is 0.120. The number of hydrogen-bond donors (Lipinski definition) is 1. The first-order valence-corrected chi connectivity index (χ1v) is 7.77. The van der Waals surface area contributed by atoms with E-state index < -0.39 is 22.1 Å². The number of halogens is 1. The summed E-state index contributed by atoms with van der Waals surface area (Å²) in [5.74, 6) is -0.604. The van der Waals surface area contributed by atoms with Crippen LogP contribution in [0.2, 0.25) is 0 Å². The molecule has 1 aromatic rings. The fourth-order valence-corrected chi connectivity index (χ4v) is 3.32. The van der Waals surface area contributed by atoms with Crippen LogP contribution >= 0.6 is 15.9 Å². The van der Waals surface area contributed by atoms with Crippen LogP contribution in [-0.4, -0.2) is 29.3 Å². The number of nitrogens with zero attached hydrogens (tertiary/aromatic N) is 1. The normalized spacial score (nSPS) is 20.3. The molecule has 1 N–H and O–H groups in total. The molecule has 0 aromatic heterocycles. The summed E-state index contributed by atoms with van der Waals surface area (Å²) in [4.78, 5) is 24.6. The Kier molecular flexibility index (Phi) is 4.19. The lowest BCUT2D eigenvalue weighted by molar-refractivity contribution is -0.140. The van der Waals surface area contributed by atoms with Crippen molar-refractivity contribution >= 4 is 39.8 Å². The zero-order chi connectivity index (χ0) is 16.7. The van der Waals surface area contributed by atoms with Gasteiger partial charge in [-0.2, -0.15) is 4.79 Å². The van der Waals surface area contributed by atoms with E-state index in [1.807, 2.05) is 6.07 Å². The number of carbonyl (C=O) groups is 2. The third kappa shape index (κ3) is 2.27. The molecule has 1 atom stereocenters. The van der Waals surface area contributed by atoms with Crippen molar-refractivity contribution in [2.24, 2.45) is 0 Å². The monoisotopic (exact) mass is 368 g/mol. The molecule has 1 aliphatic heterocycles. The minimum Gasteiger partial charge on any atom is -0.458 e. The van der Waals surface area contributed by atoms with Crippen molar-refractivity contribution in [3.8, 4) is 0 Å². The Morgan fingerprint density at radius 2 is 1.95 bits per heavy atom. The molecular formula is C16H19BrNO4+. The Morgan fingerprint density at radius 3 is 2.45 bits per heavy atom. The van der Waals surface area contributed by atoms with E-state index >= 15 is 0 Å². The van der Waals surface area contributed by atoms with Crippen LogP contribution in [-0.2, 0) is 9.53 Å². The number of hydrogen-bond acceptors (Lipinski definition) is 3.